The zero-order valence-electron chi connectivity index (χ0n) is 12.7. The van der Waals surface area contributed by atoms with Gasteiger partial charge in [-0.15, -0.1) is 0 Å². The van der Waals surface area contributed by atoms with E-state index in [0.717, 1.165) is 25.0 Å². The van der Waals surface area contributed by atoms with Crippen LogP contribution in [0.1, 0.15) is 84.0 Å². The van der Waals surface area contributed by atoms with Crippen LogP contribution in [0.5, 0.6) is 0 Å². The third kappa shape index (κ3) is 15.8. The Morgan fingerprint density at radius 1 is 0.842 bits per heavy atom. The van der Waals surface area contributed by atoms with Crippen molar-refractivity contribution < 1.29 is 9.53 Å². The van der Waals surface area contributed by atoms with Crippen molar-refractivity contribution in [3.05, 3.63) is 0 Å². The molecule has 0 aliphatic heterocycles. The highest BCUT2D eigenvalue weighted by Crippen LogP contribution is 2.08. The van der Waals surface area contributed by atoms with Crippen LogP contribution in [0.3, 0.4) is 0 Å². The normalized spacial score (nSPS) is 10.6. The van der Waals surface area contributed by atoms with Gasteiger partial charge in [0.2, 0.25) is 0 Å². The average molecular weight is 288 g/mol. The molecule has 0 bridgehead atoms. The minimum Gasteiger partial charge on any atom is -0.466 e. The van der Waals surface area contributed by atoms with Crippen molar-refractivity contribution in [2.45, 2.75) is 84.0 Å². The Kier molecular flexibility index (Phi) is 15.7. The second kappa shape index (κ2) is 15.9. The highest BCUT2D eigenvalue weighted by Gasteiger charge is 2.02. The van der Waals surface area contributed by atoms with Crippen LogP contribution in [-0.4, -0.2) is 18.3 Å². The Morgan fingerprint density at radius 3 is 2.11 bits per heavy atom. The van der Waals surface area contributed by atoms with Crippen molar-refractivity contribution in [3.8, 4) is 0 Å². The fraction of sp³-hybridized carbons (Fsp3) is 0.938. The molecule has 0 N–H and O–H groups in total. The van der Waals surface area contributed by atoms with Crippen molar-refractivity contribution >= 4 is 18.6 Å². The van der Waals surface area contributed by atoms with Crippen LogP contribution >= 0.6 is 12.6 Å². The Morgan fingerprint density at radius 2 is 1.42 bits per heavy atom. The molecule has 0 aromatic carbocycles. The van der Waals surface area contributed by atoms with Gasteiger partial charge in [0, 0.05) is 6.42 Å². The molecule has 0 heterocycles. The molecule has 0 atom stereocenters. The first-order valence-corrected chi connectivity index (χ1v) is 8.71. The SMILES string of the molecule is CCCCCCCC(=O)OCCCCCCCCS. The van der Waals surface area contributed by atoms with Crippen LogP contribution in [-0.2, 0) is 9.53 Å². The standard InChI is InChI=1S/C16H32O2S/c1-2-3-4-7-10-13-16(17)18-14-11-8-5-6-9-12-15-19/h19H,2-15H2,1H3. The van der Waals surface area contributed by atoms with Crippen molar-refractivity contribution in [1.82, 2.24) is 0 Å². The van der Waals surface area contributed by atoms with E-state index in [4.69, 9.17) is 4.74 Å². The molecule has 19 heavy (non-hydrogen) atoms. The van der Waals surface area contributed by atoms with Gasteiger partial charge >= 0.3 is 5.97 Å². The van der Waals surface area contributed by atoms with Gasteiger partial charge in [0.05, 0.1) is 6.61 Å². The molecule has 0 fully saturated rings. The number of esters is 1. The molecule has 0 saturated heterocycles. The summed E-state index contributed by atoms with van der Waals surface area (Å²) in [5.74, 6) is 0.988. The number of carbonyl (C=O) groups excluding carboxylic acids is 1. The van der Waals surface area contributed by atoms with E-state index in [1.807, 2.05) is 0 Å². The van der Waals surface area contributed by atoms with Crippen LogP contribution in [0.15, 0.2) is 0 Å². The third-order valence-electron chi connectivity index (χ3n) is 3.30. The Balaban J connectivity index is 3.12. The lowest BCUT2D eigenvalue weighted by molar-refractivity contribution is -0.143. The average Bonchev–Trinajstić information content (AvgIpc) is 2.41. The molecule has 114 valence electrons. The lowest BCUT2D eigenvalue weighted by Crippen LogP contribution is -2.05. The van der Waals surface area contributed by atoms with Gasteiger partial charge in [-0.25, -0.2) is 0 Å². The largest absolute Gasteiger partial charge is 0.466 e. The third-order valence-corrected chi connectivity index (χ3v) is 3.62. The van der Waals surface area contributed by atoms with E-state index in [9.17, 15) is 4.79 Å². The maximum Gasteiger partial charge on any atom is 0.305 e. The molecule has 0 rings (SSSR count). The number of unbranched alkanes of at least 4 members (excludes halogenated alkanes) is 9. The second-order valence-electron chi connectivity index (χ2n) is 5.23. The Bertz CT molecular complexity index is 195. The first kappa shape index (κ1) is 18.8. The van der Waals surface area contributed by atoms with E-state index in [2.05, 4.69) is 19.6 Å². The lowest BCUT2D eigenvalue weighted by Gasteiger charge is -2.05. The summed E-state index contributed by atoms with van der Waals surface area (Å²) in [5.41, 5.74) is 0. The molecule has 3 heteroatoms. The molecule has 2 nitrogen and oxygen atoms in total. The van der Waals surface area contributed by atoms with Crippen LogP contribution in [0.25, 0.3) is 0 Å². The Hall–Kier alpha value is -0.180. The van der Waals surface area contributed by atoms with Gasteiger partial charge in [-0.2, -0.15) is 12.6 Å². The lowest BCUT2D eigenvalue weighted by atomic mass is 10.1. The van der Waals surface area contributed by atoms with Gasteiger partial charge in [0.1, 0.15) is 0 Å². The monoisotopic (exact) mass is 288 g/mol. The van der Waals surface area contributed by atoms with Crippen LogP contribution in [0, 0.1) is 0 Å². The summed E-state index contributed by atoms with van der Waals surface area (Å²) in [6.07, 6.45) is 13.8. The Labute approximate surface area is 125 Å². The smallest absolute Gasteiger partial charge is 0.305 e. The predicted molar refractivity (Wildman–Crippen MR) is 85.9 cm³/mol. The van der Waals surface area contributed by atoms with Crippen molar-refractivity contribution in [1.29, 1.82) is 0 Å². The first-order chi connectivity index (χ1) is 9.31. The number of hydrogen-bond acceptors (Lipinski definition) is 3. The summed E-state index contributed by atoms with van der Waals surface area (Å²) < 4.78 is 5.23. The van der Waals surface area contributed by atoms with E-state index >= 15 is 0 Å². The zero-order chi connectivity index (χ0) is 14.2. The highest BCUT2D eigenvalue weighted by molar-refractivity contribution is 7.80. The molecule has 0 aromatic rings. The van der Waals surface area contributed by atoms with Crippen LogP contribution in [0.2, 0.25) is 0 Å². The summed E-state index contributed by atoms with van der Waals surface area (Å²) >= 11 is 4.19. The van der Waals surface area contributed by atoms with E-state index in [1.54, 1.807) is 0 Å². The van der Waals surface area contributed by atoms with E-state index < -0.39 is 0 Å². The second-order valence-corrected chi connectivity index (χ2v) is 5.68. The number of carbonyl (C=O) groups is 1. The van der Waals surface area contributed by atoms with Crippen molar-refractivity contribution in [2.75, 3.05) is 12.4 Å². The molecule has 0 spiro atoms. The number of hydrogen-bond donors (Lipinski definition) is 1. The zero-order valence-corrected chi connectivity index (χ0v) is 13.6. The molecule has 0 saturated carbocycles. The molecule has 0 aliphatic rings. The molecule has 0 radical (unpaired) electrons. The van der Waals surface area contributed by atoms with E-state index in [-0.39, 0.29) is 5.97 Å². The molecular weight excluding hydrogens is 256 g/mol. The van der Waals surface area contributed by atoms with Gasteiger partial charge in [-0.05, 0) is 25.0 Å². The summed E-state index contributed by atoms with van der Waals surface area (Å²) in [4.78, 5) is 11.4. The van der Waals surface area contributed by atoms with E-state index in [0.29, 0.717) is 13.0 Å². The number of ether oxygens (including phenoxy) is 1. The van der Waals surface area contributed by atoms with Gasteiger partial charge in [0.25, 0.3) is 0 Å². The number of rotatable bonds is 14. The minimum atomic E-state index is -0.00780. The van der Waals surface area contributed by atoms with Gasteiger partial charge < -0.3 is 4.74 Å². The van der Waals surface area contributed by atoms with Gasteiger partial charge in [0.15, 0.2) is 0 Å². The molecule has 0 aromatic heterocycles. The maximum absolute atomic E-state index is 11.4. The van der Waals surface area contributed by atoms with Crippen LogP contribution < -0.4 is 0 Å². The number of thiol groups is 1. The topological polar surface area (TPSA) is 26.3 Å². The van der Waals surface area contributed by atoms with Crippen molar-refractivity contribution in [2.24, 2.45) is 0 Å². The summed E-state index contributed by atoms with van der Waals surface area (Å²) in [5, 5.41) is 0. The van der Waals surface area contributed by atoms with Gasteiger partial charge in [-0.1, -0.05) is 58.3 Å². The van der Waals surface area contributed by atoms with Crippen LogP contribution in [0.4, 0.5) is 0 Å². The fourth-order valence-corrected chi connectivity index (χ4v) is 2.28. The summed E-state index contributed by atoms with van der Waals surface area (Å²) in [7, 11) is 0. The van der Waals surface area contributed by atoms with Gasteiger partial charge in [-0.3, -0.25) is 4.79 Å². The minimum absolute atomic E-state index is 0.00780. The van der Waals surface area contributed by atoms with E-state index in [1.165, 1.54) is 51.4 Å². The first-order valence-electron chi connectivity index (χ1n) is 8.07. The molecule has 0 aliphatic carbocycles. The molecular formula is C16H32O2S. The molecule has 0 unspecified atom stereocenters. The summed E-state index contributed by atoms with van der Waals surface area (Å²) in [6.45, 7) is 2.81. The quantitative estimate of drug-likeness (QED) is 0.271. The summed E-state index contributed by atoms with van der Waals surface area (Å²) in [6, 6.07) is 0. The maximum atomic E-state index is 11.4. The molecule has 0 amide bonds. The fourth-order valence-electron chi connectivity index (χ4n) is 2.05. The van der Waals surface area contributed by atoms with Crippen molar-refractivity contribution in [3.63, 3.8) is 0 Å². The highest BCUT2D eigenvalue weighted by atomic mass is 32.1. The predicted octanol–water partition coefficient (Wildman–Crippen LogP) is 5.16.